The van der Waals surface area contributed by atoms with Gasteiger partial charge in [-0.1, -0.05) is 0 Å². The van der Waals surface area contributed by atoms with Gasteiger partial charge in [0.15, 0.2) is 0 Å². The van der Waals surface area contributed by atoms with Crippen LogP contribution in [-0.4, -0.2) is 29.6 Å². The molecule has 1 aromatic rings. The van der Waals surface area contributed by atoms with Crippen LogP contribution in [0.2, 0.25) is 0 Å². The minimum Gasteiger partial charge on any atom is -0.340 e. The van der Waals surface area contributed by atoms with Crippen LogP contribution in [0, 0.1) is 5.92 Å². The SMILES string of the molecule is NCCC1CN(c2ncc(Br)cn2)C1. The summed E-state index contributed by atoms with van der Waals surface area (Å²) < 4.78 is 0.917. The number of hydrogen-bond donors (Lipinski definition) is 1. The minimum absolute atomic E-state index is 0.729. The molecule has 1 aliphatic heterocycles. The van der Waals surface area contributed by atoms with Gasteiger partial charge in [-0.15, -0.1) is 0 Å². The van der Waals surface area contributed by atoms with E-state index in [0.29, 0.717) is 0 Å². The fourth-order valence-corrected chi connectivity index (χ4v) is 1.82. The molecule has 1 fully saturated rings. The largest absolute Gasteiger partial charge is 0.340 e. The first-order valence-electron chi connectivity index (χ1n) is 4.72. The highest BCUT2D eigenvalue weighted by Gasteiger charge is 2.27. The Kier molecular flexibility index (Phi) is 2.98. The molecule has 0 spiro atoms. The Bertz CT molecular complexity index is 294. The van der Waals surface area contributed by atoms with E-state index in [1.54, 1.807) is 12.4 Å². The van der Waals surface area contributed by atoms with E-state index in [1.807, 2.05) is 0 Å². The van der Waals surface area contributed by atoms with Gasteiger partial charge in [0.2, 0.25) is 5.95 Å². The van der Waals surface area contributed by atoms with Crippen LogP contribution in [0.25, 0.3) is 0 Å². The second kappa shape index (κ2) is 4.23. The van der Waals surface area contributed by atoms with Crippen LogP contribution >= 0.6 is 15.9 Å². The maximum atomic E-state index is 5.49. The molecular formula is C9H13BrN4. The third-order valence-corrected chi connectivity index (χ3v) is 2.83. The Hall–Kier alpha value is -0.680. The summed E-state index contributed by atoms with van der Waals surface area (Å²) in [6.07, 6.45) is 4.66. The van der Waals surface area contributed by atoms with Crippen molar-refractivity contribution in [2.24, 2.45) is 11.7 Å². The lowest BCUT2D eigenvalue weighted by molar-refractivity contribution is 0.383. The van der Waals surface area contributed by atoms with Crippen LogP contribution in [0.15, 0.2) is 16.9 Å². The second-order valence-electron chi connectivity index (χ2n) is 3.55. The molecule has 0 amide bonds. The number of anilines is 1. The van der Waals surface area contributed by atoms with Crippen LogP contribution in [0.5, 0.6) is 0 Å². The Morgan fingerprint density at radius 2 is 2.07 bits per heavy atom. The summed E-state index contributed by atoms with van der Waals surface area (Å²) >= 11 is 3.31. The van der Waals surface area contributed by atoms with Crippen LogP contribution in [0.4, 0.5) is 5.95 Å². The average molecular weight is 257 g/mol. The van der Waals surface area contributed by atoms with Crippen molar-refractivity contribution in [1.82, 2.24) is 9.97 Å². The van der Waals surface area contributed by atoms with Crippen molar-refractivity contribution in [3.05, 3.63) is 16.9 Å². The molecule has 5 heteroatoms. The first-order chi connectivity index (χ1) is 6.79. The van der Waals surface area contributed by atoms with Crippen molar-refractivity contribution >= 4 is 21.9 Å². The summed E-state index contributed by atoms with van der Waals surface area (Å²) in [7, 11) is 0. The second-order valence-corrected chi connectivity index (χ2v) is 4.47. The zero-order valence-electron chi connectivity index (χ0n) is 7.86. The van der Waals surface area contributed by atoms with Gasteiger partial charge in [0.05, 0.1) is 4.47 Å². The number of rotatable bonds is 3. The molecule has 1 aromatic heterocycles. The molecule has 0 unspecified atom stereocenters. The first-order valence-corrected chi connectivity index (χ1v) is 5.51. The van der Waals surface area contributed by atoms with Crippen LogP contribution < -0.4 is 10.6 Å². The molecule has 2 heterocycles. The van der Waals surface area contributed by atoms with Gasteiger partial charge in [-0.2, -0.15) is 0 Å². The summed E-state index contributed by atoms with van der Waals surface area (Å²) in [5, 5.41) is 0. The summed E-state index contributed by atoms with van der Waals surface area (Å²) in [6, 6.07) is 0. The zero-order valence-corrected chi connectivity index (χ0v) is 9.44. The van der Waals surface area contributed by atoms with E-state index >= 15 is 0 Å². The lowest BCUT2D eigenvalue weighted by Crippen LogP contribution is -2.48. The van der Waals surface area contributed by atoms with Gasteiger partial charge in [0.25, 0.3) is 0 Å². The van der Waals surface area contributed by atoms with E-state index in [2.05, 4.69) is 30.8 Å². The molecule has 0 saturated carbocycles. The first kappa shape index (κ1) is 9.86. The molecule has 76 valence electrons. The van der Waals surface area contributed by atoms with Crippen molar-refractivity contribution in [2.75, 3.05) is 24.5 Å². The van der Waals surface area contributed by atoms with E-state index in [9.17, 15) is 0 Å². The van der Waals surface area contributed by atoms with Crippen molar-refractivity contribution in [2.45, 2.75) is 6.42 Å². The molecule has 0 atom stereocenters. The Balaban J connectivity index is 1.90. The fraction of sp³-hybridized carbons (Fsp3) is 0.556. The number of nitrogens with two attached hydrogens (primary N) is 1. The molecule has 0 aromatic carbocycles. The van der Waals surface area contributed by atoms with Crippen LogP contribution in [-0.2, 0) is 0 Å². The standard InChI is InChI=1S/C9H13BrN4/c10-8-3-12-9(13-4-8)14-5-7(6-14)1-2-11/h3-4,7H,1-2,5-6,11H2. The molecule has 1 aliphatic rings. The Morgan fingerprint density at radius 1 is 1.43 bits per heavy atom. The normalized spacial score (nSPS) is 16.9. The fourth-order valence-electron chi connectivity index (χ4n) is 1.62. The lowest BCUT2D eigenvalue weighted by atomic mass is 9.97. The smallest absolute Gasteiger partial charge is 0.225 e. The number of nitrogens with zero attached hydrogens (tertiary/aromatic N) is 3. The molecule has 0 bridgehead atoms. The van der Waals surface area contributed by atoms with Crippen LogP contribution in [0.1, 0.15) is 6.42 Å². The predicted molar refractivity (Wildman–Crippen MR) is 59.1 cm³/mol. The molecule has 14 heavy (non-hydrogen) atoms. The van der Waals surface area contributed by atoms with E-state index < -0.39 is 0 Å². The highest BCUT2D eigenvalue weighted by molar-refractivity contribution is 9.10. The number of hydrogen-bond acceptors (Lipinski definition) is 4. The van der Waals surface area contributed by atoms with Crippen molar-refractivity contribution in [1.29, 1.82) is 0 Å². The van der Waals surface area contributed by atoms with Crippen LogP contribution in [0.3, 0.4) is 0 Å². The summed E-state index contributed by atoms with van der Waals surface area (Å²) in [6.45, 7) is 2.86. The Labute approximate surface area is 91.7 Å². The maximum absolute atomic E-state index is 5.49. The quantitative estimate of drug-likeness (QED) is 0.878. The zero-order chi connectivity index (χ0) is 9.97. The number of halogens is 1. The van der Waals surface area contributed by atoms with Gasteiger partial charge >= 0.3 is 0 Å². The van der Waals surface area contributed by atoms with E-state index in [-0.39, 0.29) is 0 Å². The van der Waals surface area contributed by atoms with Gasteiger partial charge in [-0.25, -0.2) is 9.97 Å². The van der Waals surface area contributed by atoms with Gasteiger partial charge in [-0.05, 0) is 34.8 Å². The molecule has 0 aliphatic carbocycles. The van der Waals surface area contributed by atoms with Crippen molar-refractivity contribution < 1.29 is 0 Å². The lowest BCUT2D eigenvalue weighted by Gasteiger charge is -2.39. The molecular weight excluding hydrogens is 244 g/mol. The topological polar surface area (TPSA) is 55.0 Å². The number of aromatic nitrogens is 2. The highest BCUT2D eigenvalue weighted by atomic mass is 79.9. The molecule has 2 rings (SSSR count). The molecule has 2 N–H and O–H groups in total. The summed E-state index contributed by atoms with van der Waals surface area (Å²) in [4.78, 5) is 10.6. The third-order valence-electron chi connectivity index (χ3n) is 2.42. The van der Waals surface area contributed by atoms with E-state index in [1.165, 1.54) is 0 Å². The third kappa shape index (κ3) is 2.04. The van der Waals surface area contributed by atoms with Gasteiger partial charge < -0.3 is 10.6 Å². The maximum Gasteiger partial charge on any atom is 0.225 e. The van der Waals surface area contributed by atoms with Gasteiger partial charge in [0.1, 0.15) is 0 Å². The predicted octanol–water partition coefficient (Wildman–Crippen LogP) is 1.02. The molecule has 1 saturated heterocycles. The van der Waals surface area contributed by atoms with E-state index in [0.717, 1.165) is 42.4 Å². The highest BCUT2D eigenvalue weighted by Crippen LogP contribution is 2.23. The minimum atomic E-state index is 0.729. The van der Waals surface area contributed by atoms with E-state index in [4.69, 9.17) is 5.73 Å². The molecule has 4 nitrogen and oxygen atoms in total. The summed E-state index contributed by atoms with van der Waals surface area (Å²) in [5.41, 5.74) is 5.49. The summed E-state index contributed by atoms with van der Waals surface area (Å²) in [5.74, 6) is 1.55. The average Bonchev–Trinajstić information content (AvgIpc) is 2.13. The van der Waals surface area contributed by atoms with Crippen molar-refractivity contribution in [3.8, 4) is 0 Å². The van der Waals surface area contributed by atoms with Gasteiger partial charge in [-0.3, -0.25) is 0 Å². The Morgan fingerprint density at radius 3 is 2.64 bits per heavy atom. The monoisotopic (exact) mass is 256 g/mol. The van der Waals surface area contributed by atoms with Crippen molar-refractivity contribution in [3.63, 3.8) is 0 Å². The van der Waals surface area contributed by atoms with Gasteiger partial charge in [0, 0.05) is 25.5 Å². The molecule has 0 radical (unpaired) electrons.